The van der Waals surface area contributed by atoms with Gasteiger partial charge in [0.2, 0.25) is 5.78 Å². The fraction of sp³-hybridized carbons (Fsp3) is 0.0800. The fourth-order valence-corrected chi connectivity index (χ4v) is 4.56. The van der Waals surface area contributed by atoms with Crippen LogP contribution in [0.2, 0.25) is 5.02 Å². The first-order valence-electron chi connectivity index (χ1n) is 9.58. The van der Waals surface area contributed by atoms with Gasteiger partial charge in [0.05, 0.1) is 4.88 Å². The number of hydrogen-bond donors (Lipinski definition) is 1. The quantitative estimate of drug-likeness (QED) is 0.293. The van der Waals surface area contributed by atoms with E-state index in [0.717, 1.165) is 10.4 Å². The molecule has 0 radical (unpaired) electrons. The second-order valence-electron chi connectivity index (χ2n) is 6.97. The Labute approximate surface area is 188 Å². The van der Waals surface area contributed by atoms with Crippen LogP contribution in [0.3, 0.4) is 0 Å². The number of alkyl halides is 2. The monoisotopic (exact) mass is 453 g/mol. The molecule has 1 unspecified atom stereocenters. The van der Waals surface area contributed by atoms with Crippen LogP contribution in [0.5, 0.6) is 0 Å². The average Bonchev–Trinajstić information content (AvgIpc) is 3.29. The number of carbonyl (C=O) groups excluding carboxylic acids is 1. The van der Waals surface area contributed by atoms with Crippen LogP contribution >= 0.6 is 22.9 Å². The molecule has 1 N–H and O–H groups in total. The number of halogens is 3. The molecule has 0 aliphatic rings. The van der Waals surface area contributed by atoms with E-state index in [9.17, 15) is 13.6 Å². The molecular formula is C25H18ClF2NOS. The normalized spacial score (nSPS) is 13.0. The van der Waals surface area contributed by atoms with E-state index < -0.39 is 17.7 Å². The topological polar surface area (TPSA) is 29.1 Å². The molecule has 0 bridgehead atoms. The highest BCUT2D eigenvalue weighted by Gasteiger charge is 2.49. The van der Waals surface area contributed by atoms with E-state index in [1.165, 1.54) is 11.3 Å². The molecule has 0 fully saturated rings. The van der Waals surface area contributed by atoms with Crippen LogP contribution in [-0.2, 0) is 5.54 Å². The summed E-state index contributed by atoms with van der Waals surface area (Å²) in [6.45, 7) is 0. The van der Waals surface area contributed by atoms with Gasteiger partial charge in [-0.15, -0.1) is 11.3 Å². The Hall–Kier alpha value is -3.02. The molecule has 6 heteroatoms. The summed E-state index contributed by atoms with van der Waals surface area (Å²) < 4.78 is 29.5. The van der Waals surface area contributed by atoms with Crippen LogP contribution in [0, 0.1) is 0 Å². The van der Waals surface area contributed by atoms with Gasteiger partial charge in [0.15, 0.2) is 5.54 Å². The number of nitrogens with one attached hydrogen (secondary N) is 1. The van der Waals surface area contributed by atoms with E-state index in [1.54, 1.807) is 84.9 Å². The Balaban J connectivity index is 1.80. The highest BCUT2D eigenvalue weighted by Crippen LogP contribution is 2.39. The summed E-state index contributed by atoms with van der Waals surface area (Å²) in [4.78, 5) is 14.7. The SMILES string of the molecule is O=C(c1ccc(-c2ccc(Cl)cc2)s1)C(Nc1ccccc1)(c1ccccc1)C(F)F. The van der Waals surface area contributed by atoms with Crippen molar-refractivity contribution in [3.63, 3.8) is 0 Å². The van der Waals surface area contributed by atoms with Crippen molar-refractivity contribution in [3.8, 4) is 10.4 Å². The number of anilines is 1. The molecule has 4 aromatic rings. The first-order valence-corrected chi connectivity index (χ1v) is 10.8. The first-order chi connectivity index (χ1) is 15.0. The standard InChI is InChI=1S/C25H18ClF2NOS/c26-19-13-11-17(12-14-19)21-15-16-22(31-21)23(30)25(24(27)28,18-7-3-1-4-8-18)29-20-9-5-2-6-10-20/h1-16,24,29H. The number of carbonyl (C=O) groups is 1. The van der Waals surface area contributed by atoms with Crippen LogP contribution in [0.4, 0.5) is 14.5 Å². The van der Waals surface area contributed by atoms with E-state index in [0.29, 0.717) is 10.7 Å². The number of Topliss-reactive ketones (excluding diaryl/α,β-unsaturated/α-hetero) is 1. The predicted molar refractivity (Wildman–Crippen MR) is 123 cm³/mol. The molecule has 1 atom stereocenters. The van der Waals surface area contributed by atoms with Gasteiger partial charge >= 0.3 is 0 Å². The average molecular weight is 454 g/mol. The molecular weight excluding hydrogens is 436 g/mol. The van der Waals surface area contributed by atoms with Gasteiger partial charge in [-0.1, -0.05) is 72.3 Å². The van der Waals surface area contributed by atoms with Crippen molar-refractivity contribution in [1.29, 1.82) is 0 Å². The van der Waals surface area contributed by atoms with Gasteiger partial charge in [0, 0.05) is 15.6 Å². The van der Waals surface area contributed by atoms with Gasteiger partial charge < -0.3 is 5.32 Å². The molecule has 156 valence electrons. The second kappa shape index (κ2) is 9.00. The molecule has 1 heterocycles. The van der Waals surface area contributed by atoms with Crippen LogP contribution in [0.15, 0.2) is 97.1 Å². The lowest BCUT2D eigenvalue weighted by atomic mass is 9.84. The third-order valence-electron chi connectivity index (χ3n) is 4.99. The largest absolute Gasteiger partial charge is 0.364 e. The van der Waals surface area contributed by atoms with Crippen LogP contribution < -0.4 is 5.32 Å². The molecule has 2 nitrogen and oxygen atoms in total. The molecule has 0 spiro atoms. The number of hydrogen-bond acceptors (Lipinski definition) is 3. The minimum Gasteiger partial charge on any atom is -0.364 e. The lowest BCUT2D eigenvalue weighted by molar-refractivity contribution is 0.0492. The Bertz CT molecular complexity index is 1160. The number of thiophene rings is 1. The first kappa shape index (κ1) is 21.2. The third kappa shape index (κ3) is 4.24. The Kier molecular flexibility index (Phi) is 6.16. The van der Waals surface area contributed by atoms with Crippen molar-refractivity contribution < 1.29 is 13.6 Å². The van der Waals surface area contributed by atoms with Crippen molar-refractivity contribution >= 4 is 34.4 Å². The van der Waals surface area contributed by atoms with Crippen LogP contribution in [0.25, 0.3) is 10.4 Å². The molecule has 31 heavy (non-hydrogen) atoms. The molecule has 0 aliphatic heterocycles. The summed E-state index contributed by atoms with van der Waals surface area (Å²) in [5.41, 5.74) is -0.702. The lowest BCUT2D eigenvalue weighted by Gasteiger charge is -2.33. The van der Waals surface area contributed by atoms with Gasteiger partial charge in [0.1, 0.15) is 0 Å². The van der Waals surface area contributed by atoms with Crippen LogP contribution in [0.1, 0.15) is 15.2 Å². The summed E-state index contributed by atoms with van der Waals surface area (Å²) in [6, 6.07) is 27.3. The van der Waals surface area contributed by atoms with Crippen molar-refractivity contribution in [3.05, 3.63) is 113 Å². The zero-order chi connectivity index (χ0) is 21.8. The van der Waals surface area contributed by atoms with E-state index in [2.05, 4.69) is 5.32 Å². The molecule has 4 rings (SSSR count). The number of benzene rings is 3. The fourth-order valence-electron chi connectivity index (χ4n) is 3.41. The maximum Gasteiger partial charge on any atom is 0.272 e. The van der Waals surface area contributed by atoms with E-state index in [4.69, 9.17) is 11.6 Å². The minimum atomic E-state index is -2.98. The zero-order valence-corrected chi connectivity index (χ0v) is 17.8. The molecule has 1 aromatic heterocycles. The third-order valence-corrected chi connectivity index (χ3v) is 6.37. The summed E-state index contributed by atoms with van der Waals surface area (Å²) in [6.07, 6.45) is -2.98. The molecule has 0 amide bonds. The van der Waals surface area contributed by atoms with Crippen LogP contribution in [-0.4, -0.2) is 12.2 Å². The maximum absolute atomic E-state index is 14.7. The molecule has 0 saturated carbocycles. The van der Waals surface area contributed by atoms with Gasteiger partial charge in [0.25, 0.3) is 6.43 Å². The minimum absolute atomic E-state index is 0.209. The van der Waals surface area contributed by atoms with Crippen molar-refractivity contribution in [2.75, 3.05) is 5.32 Å². The summed E-state index contributed by atoms with van der Waals surface area (Å²) in [7, 11) is 0. The summed E-state index contributed by atoms with van der Waals surface area (Å²) >= 11 is 7.14. The number of para-hydroxylation sites is 1. The highest BCUT2D eigenvalue weighted by molar-refractivity contribution is 7.17. The van der Waals surface area contributed by atoms with Gasteiger partial charge in [-0.2, -0.15) is 0 Å². The van der Waals surface area contributed by atoms with E-state index in [-0.39, 0.29) is 10.4 Å². The Morgan fingerprint density at radius 3 is 2.06 bits per heavy atom. The van der Waals surface area contributed by atoms with Gasteiger partial charge in [-0.25, -0.2) is 8.78 Å². The Morgan fingerprint density at radius 1 is 0.839 bits per heavy atom. The molecule has 0 saturated heterocycles. The second-order valence-corrected chi connectivity index (χ2v) is 8.49. The van der Waals surface area contributed by atoms with Gasteiger partial charge in [-0.05, 0) is 47.5 Å². The lowest BCUT2D eigenvalue weighted by Crippen LogP contribution is -2.49. The van der Waals surface area contributed by atoms with Crippen molar-refractivity contribution in [1.82, 2.24) is 0 Å². The van der Waals surface area contributed by atoms with Gasteiger partial charge in [-0.3, -0.25) is 4.79 Å². The molecule has 3 aromatic carbocycles. The van der Waals surface area contributed by atoms with E-state index >= 15 is 0 Å². The summed E-state index contributed by atoms with van der Waals surface area (Å²) in [5.74, 6) is -0.678. The predicted octanol–water partition coefficient (Wildman–Crippen LogP) is 7.52. The van der Waals surface area contributed by atoms with Crippen molar-refractivity contribution in [2.45, 2.75) is 12.0 Å². The Morgan fingerprint density at radius 2 is 1.45 bits per heavy atom. The number of rotatable bonds is 7. The molecule has 0 aliphatic carbocycles. The smallest absolute Gasteiger partial charge is 0.272 e. The maximum atomic E-state index is 14.7. The summed E-state index contributed by atoms with van der Waals surface area (Å²) in [5, 5.41) is 3.45. The number of ketones is 1. The van der Waals surface area contributed by atoms with Crippen molar-refractivity contribution in [2.24, 2.45) is 0 Å². The zero-order valence-electron chi connectivity index (χ0n) is 16.3. The highest BCUT2D eigenvalue weighted by atomic mass is 35.5. The van der Waals surface area contributed by atoms with E-state index in [1.807, 2.05) is 12.1 Å².